The van der Waals surface area contributed by atoms with Crippen molar-refractivity contribution in [3.63, 3.8) is 0 Å². The lowest BCUT2D eigenvalue weighted by molar-refractivity contribution is -0.143. The van der Waals surface area contributed by atoms with E-state index in [1.54, 1.807) is 26.8 Å². The highest BCUT2D eigenvalue weighted by molar-refractivity contribution is 5.85. The Morgan fingerprint density at radius 1 is 1.03 bits per heavy atom. The van der Waals surface area contributed by atoms with Gasteiger partial charge in [0.25, 0.3) is 0 Å². The Labute approximate surface area is 217 Å². The Kier molecular flexibility index (Phi) is 9.51. The number of rotatable bonds is 4. The Morgan fingerprint density at radius 2 is 1.59 bits per heavy atom. The zero-order valence-corrected chi connectivity index (χ0v) is 21.5. The summed E-state index contributed by atoms with van der Waals surface area (Å²) in [6.07, 6.45) is -9.99. The van der Waals surface area contributed by atoms with Crippen molar-refractivity contribution in [2.75, 3.05) is 26.7 Å². The Balaban J connectivity index is 0.00000481. The van der Waals surface area contributed by atoms with Crippen molar-refractivity contribution in [3.8, 4) is 0 Å². The fourth-order valence-electron chi connectivity index (χ4n) is 4.75. The van der Waals surface area contributed by atoms with E-state index in [2.05, 4.69) is 5.32 Å². The first-order chi connectivity index (χ1) is 16.6. The molecule has 2 aromatic carbocycles. The Morgan fingerprint density at radius 3 is 2.08 bits per heavy atom. The van der Waals surface area contributed by atoms with Crippen LogP contribution in [0.5, 0.6) is 0 Å². The molecule has 3 rings (SSSR count). The molecule has 0 aliphatic carbocycles. The largest absolute Gasteiger partial charge is 0.416 e. The number of carbonyl (C=O) groups is 1. The fourth-order valence-corrected chi connectivity index (χ4v) is 4.75. The third-order valence-electron chi connectivity index (χ3n) is 6.38. The molecule has 2 aromatic rings. The molecule has 1 N–H and O–H groups in total. The van der Waals surface area contributed by atoms with Crippen LogP contribution < -0.4 is 5.32 Å². The minimum absolute atomic E-state index is 0. The number of hydrogen-bond donors (Lipinski definition) is 1. The summed E-state index contributed by atoms with van der Waals surface area (Å²) in [6.45, 7) is 6.02. The van der Waals surface area contributed by atoms with Crippen LogP contribution in [0.25, 0.3) is 0 Å². The molecule has 1 heterocycles. The van der Waals surface area contributed by atoms with E-state index in [4.69, 9.17) is 0 Å². The van der Waals surface area contributed by atoms with Gasteiger partial charge in [0.1, 0.15) is 5.82 Å². The van der Waals surface area contributed by atoms with E-state index in [-0.39, 0.29) is 30.6 Å². The molecule has 4 nitrogen and oxygen atoms in total. The molecule has 1 saturated heterocycles. The monoisotopic (exact) mass is 555 g/mol. The molecule has 206 valence electrons. The third-order valence-corrected chi connectivity index (χ3v) is 6.38. The molecule has 0 bridgehead atoms. The molecule has 1 fully saturated rings. The summed E-state index contributed by atoms with van der Waals surface area (Å²) < 4.78 is 94.4. The van der Waals surface area contributed by atoms with Gasteiger partial charge >= 0.3 is 18.4 Å². The van der Waals surface area contributed by atoms with Gasteiger partial charge in [-0.25, -0.2) is 9.18 Å². The maximum Gasteiger partial charge on any atom is 0.416 e. The van der Waals surface area contributed by atoms with E-state index >= 15 is 0 Å². The van der Waals surface area contributed by atoms with Crippen LogP contribution in [-0.2, 0) is 12.4 Å². The predicted octanol–water partition coefficient (Wildman–Crippen LogP) is 6.99. The molecule has 2 unspecified atom stereocenters. The number of halogens is 8. The maximum absolute atomic E-state index is 13.6. The van der Waals surface area contributed by atoms with Gasteiger partial charge in [-0.05, 0) is 59.9 Å². The number of alkyl halides is 6. The second-order valence-corrected chi connectivity index (χ2v) is 9.34. The number of carbonyl (C=O) groups excluding carboxylic acids is 1. The van der Waals surface area contributed by atoms with Gasteiger partial charge in [0, 0.05) is 26.7 Å². The first-order valence-electron chi connectivity index (χ1n) is 11.4. The normalized spacial score (nSPS) is 17.4. The summed E-state index contributed by atoms with van der Waals surface area (Å²) in [7, 11) is 1.37. The zero-order valence-electron chi connectivity index (χ0n) is 20.7. The van der Waals surface area contributed by atoms with E-state index in [0.29, 0.717) is 36.3 Å². The highest BCUT2D eigenvalue weighted by atomic mass is 35.5. The van der Waals surface area contributed by atoms with Gasteiger partial charge in [0.15, 0.2) is 0 Å². The summed E-state index contributed by atoms with van der Waals surface area (Å²) in [4.78, 5) is 16.4. The maximum atomic E-state index is 13.6. The Hall–Kier alpha value is -2.53. The molecule has 1 aliphatic rings. The van der Waals surface area contributed by atoms with E-state index in [0.717, 1.165) is 0 Å². The first kappa shape index (κ1) is 30.7. The van der Waals surface area contributed by atoms with Gasteiger partial charge in [0.2, 0.25) is 0 Å². The SMILES string of the molecule is Cc1cc(F)ccc1C1CNCCN1C(=O)N(C)C(c1cc(C(F)(F)F)cc(C(F)(F)F)c1)C(C)C.Cl. The van der Waals surface area contributed by atoms with E-state index < -0.39 is 53.3 Å². The molecular weight excluding hydrogens is 527 g/mol. The highest BCUT2D eigenvalue weighted by Crippen LogP contribution is 2.40. The number of piperazine rings is 1. The van der Waals surface area contributed by atoms with E-state index in [1.165, 1.54) is 29.0 Å². The Bertz CT molecular complexity index is 1070. The van der Waals surface area contributed by atoms with Crippen LogP contribution in [0, 0.1) is 18.7 Å². The molecule has 1 aliphatic heterocycles. The van der Waals surface area contributed by atoms with Gasteiger partial charge in [-0.3, -0.25) is 0 Å². The van der Waals surface area contributed by atoms with Crippen LogP contribution in [0.1, 0.15) is 53.7 Å². The van der Waals surface area contributed by atoms with Crippen molar-refractivity contribution in [3.05, 3.63) is 70.0 Å². The van der Waals surface area contributed by atoms with Crippen LogP contribution in [0.2, 0.25) is 0 Å². The average Bonchev–Trinajstić information content (AvgIpc) is 2.77. The number of hydrogen-bond acceptors (Lipinski definition) is 2. The van der Waals surface area contributed by atoms with E-state index in [1.807, 2.05) is 0 Å². The van der Waals surface area contributed by atoms with Crippen LogP contribution in [0.15, 0.2) is 36.4 Å². The fraction of sp³-hybridized carbons (Fsp3) is 0.480. The van der Waals surface area contributed by atoms with Gasteiger partial charge in [-0.1, -0.05) is 19.9 Å². The quantitative estimate of drug-likeness (QED) is 0.413. The molecule has 0 saturated carbocycles. The van der Waals surface area contributed by atoms with Crippen LogP contribution in [-0.4, -0.2) is 42.5 Å². The molecule has 0 aromatic heterocycles. The number of urea groups is 1. The van der Waals surface area contributed by atoms with Gasteiger partial charge in [0.05, 0.1) is 23.2 Å². The summed E-state index contributed by atoms with van der Waals surface area (Å²) in [5, 5.41) is 3.17. The van der Waals surface area contributed by atoms with Crippen LogP contribution in [0.4, 0.5) is 35.5 Å². The lowest BCUT2D eigenvalue weighted by Crippen LogP contribution is -2.53. The smallest absolute Gasteiger partial charge is 0.320 e. The molecule has 2 amide bonds. The van der Waals surface area contributed by atoms with Crippen molar-refractivity contribution in [2.24, 2.45) is 5.92 Å². The standard InChI is InChI=1S/C25H28F7N3O.ClH/c1-14(2)22(16-10-17(24(27,28)29)12-18(11-16)25(30,31)32)34(4)23(36)35-8-7-33-13-21(35)20-6-5-19(26)9-15(20)3;/h5-6,9-12,14,21-22,33H,7-8,13H2,1-4H3;1H. The lowest BCUT2D eigenvalue weighted by atomic mass is 9.91. The van der Waals surface area contributed by atoms with Gasteiger partial charge in [-0.2, -0.15) is 26.3 Å². The summed E-state index contributed by atoms with van der Waals surface area (Å²) in [6, 6.07) is 3.51. The average molecular weight is 556 g/mol. The van der Waals surface area contributed by atoms with Crippen molar-refractivity contribution in [2.45, 2.75) is 45.2 Å². The summed E-state index contributed by atoms with van der Waals surface area (Å²) in [5.74, 6) is -0.933. The lowest BCUT2D eigenvalue weighted by Gasteiger charge is -2.42. The minimum Gasteiger partial charge on any atom is -0.320 e. The topological polar surface area (TPSA) is 35.6 Å². The van der Waals surface area contributed by atoms with Crippen molar-refractivity contribution in [1.82, 2.24) is 15.1 Å². The highest BCUT2D eigenvalue weighted by Gasteiger charge is 2.40. The van der Waals surface area contributed by atoms with Crippen molar-refractivity contribution in [1.29, 1.82) is 0 Å². The molecule has 37 heavy (non-hydrogen) atoms. The number of aryl methyl sites for hydroxylation is 1. The number of nitrogens with zero attached hydrogens (tertiary/aromatic N) is 2. The van der Waals surface area contributed by atoms with Crippen LogP contribution in [0.3, 0.4) is 0 Å². The summed E-state index contributed by atoms with van der Waals surface area (Å²) >= 11 is 0. The number of nitrogens with one attached hydrogen (secondary N) is 1. The molecule has 0 spiro atoms. The van der Waals surface area contributed by atoms with Crippen molar-refractivity contribution < 1.29 is 35.5 Å². The van der Waals surface area contributed by atoms with E-state index in [9.17, 15) is 35.5 Å². The van der Waals surface area contributed by atoms with Crippen molar-refractivity contribution >= 4 is 18.4 Å². The number of amides is 2. The predicted molar refractivity (Wildman–Crippen MR) is 128 cm³/mol. The summed E-state index contributed by atoms with van der Waals surface area (Å²) in [5.41, 5.74) is -1.79. The number of benzene rings is 2. The van der Waals surface area contributed by atoms with Crippen LogP contribution >= 0.6 is 12.4 Å². The molecule has 2 atom stereocenters. The van der Waals surface area contributed by atoms with Gasteiger partial charge in [-0.15, -0.1) is 12.4 Å². The molecular formula is C25H29ClF7N3O. The second kappa shape index (κ2) is 11.5. The third kappa shape index (κ3) is 6.87. The minimum atomic E-state index is -5.00. The zero-order chi connectivity index (χ0) is 27.0. The second-order valence-electron chi connectivity index (χ2n) is 9.34. The molecule has 0 radical (unpaired) electrons. The molecule has 12 heteroatoms. The first-order valence-corrected chi connectivity index (χ1v) is 11.4. The van der Waals surface area contributed by atoms with Gasteiger partial charge < -0.3 is 15.1 Å².